The Balaban J connectivity index is -0.000000405. The van der Waals surface area contributed by atoms with Crippen LogP contribution < -0.4 is 145 Å². The number of hydrogen-bond donors (Lipinski definition) is 7. The third-order valence-electron chi connectivity index (χ3n) is 10.1. The molecule has 482 valence electrons. The second-order valence-electron chi connectivity index (χ2n) is 19.5. The Labute approximate surface area is 599 Å². The summed E-state index contributed by atoms with van der Waals surface area (Å²) in [5, 5.41) is 46.4. The summed E-state index contributed by atoms with van der Waals surface area (Å²) in [4.78, 5) is 126. The zero-order valence-corrected chi connectivity index (χ0v) is 60.8. The molecule has 0 aliphatic heterocycles. The van der Waals surface area contributed by atoms with Gasteiger partial charge in [0.2, 0.25) is 33.7 Å². The number of nitrogens with one attached hydrogen (secondary N) is 7. The number of methoxy groups -OCH3 is 2. The van der Waals surface area contributed by atoms with Gasteiger partial charge >= 0.3 is 127 Å². The van der Waals surface area contributed by atoms with E-state index in [4.69, 9.17) is 19.5 Å². The number of rotatable bonds is 26. The van der Waals surface area contributed by atoms with Crippen molar-refractivity contribution in [2.75, 3.05) is 39.2 Å². The molecule has 0 saturated heterocycles. The molecule has 33 nitrogen and oxygen atoms in total. The van der Waals surface area contributed by atoms with Gasteiger partial charge in [-0.15, -0.1) is 0 Å². The molecule has 0 aliphatic rings. The number of hydrogen-bond acceptors (Lipinski definition) is 23. The van der Waals surface area contributed by atoms with Gasteiger partial charge in [-0.1, -0.05) is 40.2 Å². The van der Waals surface area contributed by atoms with Gasteiger partial charge < -0.3 is 62.4 Å². The molecule has 2 aromatic carbocycles. The van der Waals surface area contributed by atoms with Crippen molar-refractivity contribution in [1.29, 1.82) is 0 Å². The smallest absolute Gasteiger partial charge is 1.00 e. The van der Waals surface area contributed by atoms with Crippen molar-refractivity contribution in [1.82, 2.24) is 40.9 Å². The average molecular weight is 1400 g/mol. The summed E-state index contributed by atoms with van der Waals surface area (Å²) in [7, 11) is -6.51. The van der Waals surface area contributed by atoms with Crippen LogP contribution in [0.15, 0.2) is 58.3 Å². The first-order chi connectivity index (χ1) is 39.2. The quantitative estimate of drug-likeness (QED) is 0.00536. The number of para-hydroxylation sites is 2. The van der Waals surface area contributed by atoms with Crippen LogP contribution in [0.25, 0.3) is 0 Å². The van der Waals surface area contributed by atoms with Gasteiger partial charge in [0.05, 0.1) is 24.1 Å². The van der Waals surface area contributed by atoms with Crippen LogP contribution in [0.4, 0.5) is 21.0 Å². The Kier molecular flexibility index (Phi) is 45.2. The van der Waals surface area contributed by atoms with Crippen molar-refractivity contribution in [3.63, 3.8) is 0 Å². The molecule has 0 heterocycles. The summed E-state index contributed by atoms with van der Waals surface area (Å²) in [5.74, 6) is -3.61. The first kappa shape index (κ1) is 89.0. The maximum Gasteiger partial charge on any atom is 1.00 e. The van der Waals surface area contributed by atoms with E-state index in [1.165, 1.54) is 58.9 Å². The predicted octanol–water partition coefficient (Wildman–Crippen LogP) is -4.63. The van der Waals surface area contributed by atoms with Crippen molar-refractivity contribution in [2.24, 2.45) is 0 Å². The Morgan fingerprint density at radius 1 is 0.609 bits per heavy atom. The van der Waals surface area contributed by atoms with Crippen LogP contribution in [0.3, 0.4) is 0 Å². The number of nitrogens with zero attached hydrogens (tertiary/aromatic N) is 3. The first-order valence-electron chi connectivity index (χ1n) is 25.3. The summed E-state index contributed by atoms with van der Waals surface area (Å²) >= 11 is 3.27. The molecule has 38 heteroatoms. The summed E-state index contributed by atoms with van der Waals surface area (Å²) in [6.45, 7) is 18.7. The first-order valence-corrected chi connectivity index (χ1v) is 29.3. The van der Waals surface area contributed by atoms with Crippen LogP contribution >= 0.6 is 15.9 Å². The molecule has 0 unspecified atom stereocenters. The van der Waals surface area contributed by atoms with Crippen LogP contribution in [-0.4, -0.2) is 172 Å². The van der Waals surface area contributed by atoms with Crippen molar-refractivity contribution >= 4 is 102 Å². The molecule has 6 atom stereocenters. The number of esters is 2. The topological polar surface area (TPSA) is 465 Å². The van der Waals surface area contributed by atoms with Crippen LogP contribution in [0, 0.1) is 20.2 Å². The molecule has 0 saturated carbocycles. The van der Waals surface area contributed by atoms with Gasteiger partial charge in [-0.25, -0.2) is 26.4 Å². The van der Waals surface area contributed by atoms with Gasteiger partial charge in [0.1, 0.15) is 47.5 Å². The number of ether oxygens (including phenoxy) is 4. The number of alkyl carbamates (subject to hydrolysis) is 2. The van der Waals surface area contributed by atoms with Crippen LogP contribution in [0.1, 0.15) is 97.4 Å². The van der Waals surface area contributed by atoms with E-state index >= 15 is 0 Å². The van der Waals surface area contributed by atoms with Crippen molar-refractivity contribution in [2.45, 2.75) is 153 Å². The summed E-state index contributed by atoms with van der Waals surface area (Å²) < 4.78 is 72.6. The molecular weight excluding hydrogens is 1320 g/mol. The van der Waals surface area contributed by atoms with E-state index in [0.717, 1.165) is 54.5 Å². The zero-order valence-electron chi connectivity index (χ0n) is 52.3. The zero-order chi connectivity index (χ0) is 66.2. The molecule has 0 aliphatic carbocycles. The number of amides is 6. The van der Waals surface area contributed by atoms with E-state index in [2.05, 4.69) is 62.2 Å². The van der Waals surface area contributed by atoms with E-state index in [9.17, 15) is 75.4 Å². The molecule has 0 bridgehead atoms. The Bertz CT molecular complexity index is 2840. The molecule has 0 aromatic heterocycles. The number of nitro groups is 2. The second kappa shape index (κ2) is 44.1. The standard InChI is InChI=1S/C24H37N5O10S.C14H26BrN3O4.C10H12N2O6S.CH2O3.2K.H/c1-15(26-21(31)16(2)27-23(33)39-24(4,5)6)20(30)25-13-10-14-28(17(3)22(32)38-7)40(36,37)19-12-9-8-11-18(19)29(34)35;1-9(11(19)16-8-6-7-15)17-12(20)10(2)18-13(21)22-14(3,4)5;1-7(10(13)18-2)11-19(16,17)9-6-4-3-5-8(9)12(14)15;2-1-4-3;;;/h8-9,11-12,15-17H,10,13-14H2,1-7H3,(H,25,30)(H,26,31)(H,27,33);9-10H,6-8H2,1-5H3,(H,16,19)(H,17,20)(H,18,21);3-7,11H,1-2H3;1,3H;;;/q;;;;2*+1;-1/p-1/t15-,16-,17+;9-,10-;7-;;;;/m110..../s1. The number of carbonyl (C=O) groups is 9. The predicted molar refractivity (Wildman–Crippen MR) is 304 cm³/mol. The number of sulfonamides is 2. The van der Waals surface area contributed by atoms with E-state index < -0.39 is 140 Å². The van der Waals surface area contributed by atoms with Gasteiger partial charge in [0.25, 0.3) is 27.9 Å². The molecule has 0 radical (unpaired) electrons. The SMILES string of the molecule is COC(=O)[C@H](C)N(CCCNC(=O)[C@@H](C)NC(=O)[C@@H](C)NC(=O)OC(C)(C)C)S(=O)(=O)c1ccccc1[N+](=O)[O-].COC(=O)[C@H](C)NS(=O)(=O)c1ccccc1[N+](=O)[O-].C[C@@H](NC(=O)OC(C)(C)C)C(=O)N[C@H](C)C(=O)NCCCBr.O=CO[O-].[H-].[K+].[K+]. The third-order valence-corrected chi connectivity index (χ3v) is 14.3. The van der Waals surface area contributed by atoms with Crippen LogP contribution in [0.2, 0.25) is 0 Å². The van der Waals surface area contributed by atoms with Crippen molar-refractivity contribution in [3.05, 3.63) is 68.8 Å². The van der Waals surface area contributed by atoms with Crippen LogP contribution in [-0.2, 0) is 77.4 Å². The molecule has 87 heavy (non-hydrogen) atoms. The number of nitro benzene ring substituents is 2. The minimum absolute atomic E-state index is 0. The van der Waals surface area contributed by atoms with E-state index in [0.29, 0.717) is 6.54 Å². The minimum Gasteiger partial charge on any atom is -1.00 e. The maximum atomic E-state index is 13.3. The molecule has 7 N–H and O–H groups in total. The fraction of sp³-hybridized carbons (Fsp3) is 0.571. The van der Waals surface area contributed by atoms with Crippen molar-refractivity contribution in [3.8, 4) is 0 Å². The molecular formula is C49H77BrK2N10O23S2. The number of halogens is 1. The van der Waals surface area contributed by atoms with Crippen LogP contribution in [0.5, 0.6) is 0 Å². The largest absolute Gasteiger partial charge is 1.00 e. The number of carbonyl (C=O) groups excluding carboxylic acids is 9. The molecule has 2 aromatic rings. The summed E-state index contributed by atoms with van der Waals surface area (Å²) in [5.41, 5.74) is -2.61. The molecule has 2 rings (SSSR count). The fourth-order valence-corrected chi connectivity index (χ4v) is 9.48. The Morgan fingerprint density at radius 2 is 0.966 bits per heavy atom. The van der Waals surface area contributed by atoms with Gasteiger partial charge in [0.15, 0.2) is 9.79 Å². The summed E-state index contributed by atoms with van der Waals surface area (Å²) in [6, 6.07) is 3.66. The van der Waals surface area contributed by atoms with Gasteiger partial charge in [0, 0.05) is 37.1 Å². The fourth-order valence-electron chi connectivity index (χ4n) is 6.06. The molecule has 0 spiro atoms. The van der Waals surface area contributed by atoms with E-state index in [1.807, 2.05) is 4.72 Å². The van der Waals surface area contributed by atoms with E-state index in [-0.39, 0.29) is 136 Å². The Morgan fingerprint density at radius 3 is 1.32 bits per heavy atom. The Hall–Kier alpha value is -4.40. The third kappa shape index (κ3) is 36.1. The second-order valence-corrected chi connectivity index (χ2v) is 23.8. The molecule has 0 fully saturated rings. The number of benzene rings is 2. The van der Waals surface area contributed by atoms with E-state index in [1.54, 1.807) is 48.5 Å². The monoisotopic (exact) mass is 1390 g/mol. The average Bonchev–Trinajstić information content (AvgIpc) is 1.02. The minimum atomic E-state index is -4.52. The van der Waals surface area contributed by atoms with Crippen molar-refractivity contribution < 1.29 is 203 Å². The number of alkyl halides is 1. The molecule has 6 amide bonds. The van der Waals surface area contributed by atoms with Gasteiger partial charge in [-0.3, -0.25) is 53.8 Å². The van der Waals surface area contributed by atoms with Gasteiger partial charge in [-0.05, 0) is 108 Å². The van der Waals surface area contributed by atoms with Gasteiger partial charge in [-0.2, -0.15) is 9.03 Å². The summed E-state index contributed by atoms with van der Waals surface area (Å²) in [6.07, 6.45) is -0.647. The normalized spacial score (nSPS) is 12.9. The maximum absolute atomic E-state index is 13.3.